The molecular formula is C16H25N2OP. The summed E-state index contributed by atoms with van der Waals surface area (Å²) in [4.78, 5) is 0. The van der Waals surface area contributed by atoms with E-state index in [2.05, 4.69) is 21.5 Å². The van der Waals surface area contributed by atoms with Crippen molar-refractivity contribution in [3.05, 3.63) is 30.3 Å². The maximum Gasteiger partial charge on any atom is 0.245 e. The van der Waals surface area contributed by atoms with Crippen LogP contribution in [0.3, 0.4) is 0 Å². The molecule has 0 unspecified atom stereocenters. The standard InChI is InChI=1S/C16H25N2OP/c19-20(16-10-4-1-5-11-16,17-12-6-2-7-13-17)18-14-8-3-9-15-18/h1,4-5,10-11H,2-3,6-9,12-15H2. The quantitative estimate of drug-likeness (QED) is 0.797. The molecule has 0 spiro atoms. The van der Waals surface area contributed by atoms with Gasteiger partial charge in [0.2, 0.25) is 7.44 Å². The van der Waals surface area contributed by atoms with Gasteiger partial charge in [-0.1, -0.05) is 31.0 Å². The lowest BCUT2D eigenvalue weighted by Gasteiger charge is -2.42. The van der Waals surface area contributed by atoms with Crippen molar-refractivity contribution >= 4 is 12.7 Å². The van der Waals surface area contributed by atoms with E-state index in [1.807, 2.05) is 18.2 Å². The van der Waals surface area contributed by atoms with Crippen molar-refractivity contribution in [1.82, 2.24) is 9.34 Å². The summed E-state index contributed by atoms with van der Waals surface area (Å²) in [5.41, 5.74) is 0. The minimum Gasteiger partial charge on any atom is -0.284 e. The molecule has 0 aliphatic carbocycles. The molecule has 0 N–H and O–H groups in total. The predicted octanol–water partition coefficient (Wildman–Crippen LogP) is 3.48. The molecule has 0 bridgehead atoms. The number of rotatable bonds is 3. The summed E-state index contributed by atoms with van der Waals surface area (Å²) in [7, 11) is -2.56. The van der Waals surface area contributed by atoms with Crippen LogP contribution < -0.4 is 5.30 Å². The fourth-order valence-corrected chi connectivity index (χ4v) is 6.65. The fraction of sp³-hybridized carbons (Fsp3) is 0.625. The average Bonchev–Trinajstić information content (AvgIpc) is 2.56. The highest BCUT2D eigenvalue weighted by molar-refractivity contribution is 7.67. The summed E-state index contributed by atoms with van der Waals surface area (Å²) in [5, 5.41) is 1.03. The van der Waals surface area contributed by atoms with Crippen molar-refractivity contribution in [1.29, 1.82) is 0 Å². The Hall–Kier alpha value is -0.630. The fourth-order valence-electron chi connectivity index (χ4n) is 3.42. The molecule has 3 nitrogen and oxygen atoms in total. The number of hydrogen-bond donors (Lipinski definition) is 0. The van der Waals surface area contributed by atoms with Gasteiger partial charge in [-0.25, -0.2) is 9.34 Å². The first-order valence-corrected chi connectivity index (χ1v) is 9.59. The number of nitrogens with zero attached hydrogens (tertiary/aromatic N) is 2. The lowest BCUT2D eigenvalue weighted by molar-refractivity contribution is 0.282. The van der Waals surface area contributed by atoms with Gasteiger partial charge in [-0.15, -0.1) is 0 Å². The van der Waals surface area contributed by atoms with Crippen molar-refractivity contribution in [3.63, 3.8) is 0 Å². The van der Waals surface area contributed by atoms with E-state index in [0.717, 1.165) is 31.5 Å². The van der Waals surface area contributed by atoms with E-state index in [0.29, 0.717) is 0 Å². The number of benzene rings is 1. The maximum absolute atomic E-state index is 14.0. The van der Waals surface area contributed by atoms with Crippen LogP contribution in [0.1, 0.15) is 38.5 Å². The molecule has 1 aromatic carbocycles. The molecule has 2 aliphatic rings. The smallest absolute Gasteiger partial charge is 0.245 e. The molecule has 2 aliphatic heterocycles. The van der Waals surface area contributed by atoms with Gasteiger partial charge in [0.25, 0.3) is 0 Å². The van der Waals surface area contributed by atoms with Gasteiger partial charge in [-0.2, -0.15) is 0 Å². The van der Waals surface area contributed by atoms with Gasteiger partial charge in [-0.05, 0) is 37.8 Å². The first-order chi connectivity index (χ1) is 9.82. The Bertz CT molecular complexity index is 443. The Kier molecular flexibility index (Phi) is 4.60. The third kappa shape index (κ3) is 2.72. The van der Waals surface area contributed by atoms with Crippen LogP contribution in [0.25, 0.3) is 0 Å². The molecule has 0 amide bonds. The highest BCUT2D eigenvalue weighted by Crippen LogP contribution is 2.54. The van der Waals surface area contributed by atoms with E-state index in [4.69, 9.17) is 0 Å². The zero-order valence-corrected chi connectivity index (χ0v) is 13.1. The van der Waals surface area contributed by atoms with Crippen LogP contribution in [-0.4, -0.2) is 35.5 Å². The Balaban J connectivity index is 1.95. The van der Waals surface area contributed by atoms with E-state index in [-0.39, 0.29) is 0 Å². The summed E-state index contributed by atoms with van der Waals surface area (Å²) in [6.07, 6.45) is 7.31. The van der Waals surface area contributed by atoms with Crippen molar-refractivity contribution in [2.75, 3.05) is 26.2 Å². The Labute approximate surface area is 122 Å². The summed E-state index contributed by atoms with van der Waals surface area (Å²) in [5.74, 6) is 0. The molecule has 4 heteroatoms. The molecule has 2 saturated heterocycles. The maximum atomic E-state index is 14.0. The van der Waals surface area contributed by atoms with Crippen LogP contribution in [0.2, 0.25) is 0 Å². The summed E-state index contributed by atoms with van der Waals surface area (Å²) in [6, 6.07) is 10.2. The molecule has 2 heterocycles. The molecule has 2 fully saturated rings. The van der Waals surface area contributed by atoms with E-state index in [1.165, 1.54) is 38.5 Å². The van der Waals surface area contributed by atoms with E-state index >= 15 is 0 Å². The van der Waals surface area contributed by atoms with Gasteiger partial charge < -0.3 is 0 Å². The summed E-state index contributed by atoms with van der Waals surface area (Å²) >= 11 is 0. The summed E-state index contributed by atoms with van der Waals surface area (Å²) < 4.78 is 18.6. The van der Waals surface area contributed by atoms with Crippen LogP contribution >= 0.6 is 7.44 Å². The van der Waals surface area contributed by atoms with Crippen molar-refractivity contribution in [2.45, 2.75) is 38.5 Å². The average molecular weight is 292 g/mol. The van der Waals surface area contributed by atoms with Gasteiger partial charge >= 0.3 is 0 Å². The molecule has 3 rings (SSSR count). The van der Waals surface area contributed by atoms with E-state index < -0.39 is 7.44 Å². The van der Waals surface area contributed by atoms with Crippen LogP contribution in [0, 0.1) is 0 Å². The first kappa shape index (κ1) is 14.3. The lowest BCUT2D eigenvalue weighted by atomic mass is 10.2. The van der Waals surface area contributed by atoms with Crippen LogP contribution in [0.5, 0.6) is 0 Å². The molecule has 0 radical (unpaired) electrons. The SMILES string of the molecule is O=P(c1ccccc1)(N1CCCCC1)N1CCCCC1. The second-order valence-corrected chi connectivity index (χ2v) is 8.64. The van der Waals surface area contributed by atoms with Gasteiger partial charge in [0.05, 0.1) is 0 Å². The number of hydrogen-bond acceptors (Lipinski definition) is 1. The van der Waals surface area contributed by atoms with Crippen molar-refractivity contribution in [2.24, 2.45) is 0 Å². The van der Waals surface area contributed by atoms with Crippen LogP contribution in [-0.2, 0) is 4.57 Å². The van der Waals surface area contributed by atoms with Gasteiger partial charge in [-0.3, -0.25) is 4.57 Å². The van der Waals surface area contributed by atoms with Gasteiger partial charge in [0, 0.05) is 31.5 Å². The predicted molar refractivity (Wildman–Crippen MR) is 84.5 cm³/mol. The zero-order valence-electron chi connectivity index (χ0n) is 12.2. The normalized spacial score (nSPS) is 22.8. The largest absolute Gasteiger partial charge is 0.284 e. The highest BCUT2D eigenvalue weighted by Gasteiger charge is 2.39. The first-order valence-electron chi connectivity index (χ1n) is 7.98. The third-order valence-electron chi connectivity index (χ3n) is 4.52. The minimum atomic E-state index is -2.56. The second-order valence-electron chi connectivity index (χ2n) is 5.91. The molecule has 0 atom stereocenters. The topological polar surface area (TPSA) is 23.6 Å². The second kappa shape index (κ2) is 6.43. The molecular weight excluding hydrogens is 267 g/mol. The number of piperidine rings is 2. The highest BCUT2D eigenvalue weighted by atomic mass is 31.2. The Morgan fingerprint density at radius 2 is 1.15 bits per heavy atom. The van der Waals surface area contributed by atoms with Crippen LogP contribution in [0.4, 0.5) is 0 Å². The summed E-state index contributed by atoms with van der Waals surface area (Å²) in [6.45, 7) is 3.96. The van der Waals surface area contributed by atoms with E-state index in [1.54, 1.807) is 0 Å². The minimum absolute atomic E-state index is 0.989. The molecule has 110 valence electrons. The van der Waals surface area contributed by atoms with Crippen molar-refractivity contribution < 1.29 is 4.57 Å². The van der Waals surface area contributed by atoms with Crippen LogP contribution in [0.15, 0.2) is 30.3 Å². The molecule has 20 heavy (non-hydrogen) atoms. The third-order valence-corrected chi connectivity index (χ3v) is 7.83. The molecule has 1 aromatic rings. The Morgan fingerprint density at radius 1 is 0.700 bits per heavy atom. The van der Waals surface area contributed by atoms with Crippen molar-refractivity contribution in [3.8, 4) is 0 Å². The van der Waals surface area contributed by atoms with Gasteiger partial charge in [0.15, 0.2) is 0 Å². The lowest BCUT2D eigenvalue weighted by Crippen LogP contribution is -2.41. The zero-order chi connectivity index (χ0) is 13.8. The molecule has 0 aromatic heterocycles. The Morgan fingerprint density at radius 3 is 1.60 bits per heavy atom. The molecule has 0 saturated carbocycles. The van der Waals surface area contributed by atoms with E-state index in [9.17, 15) is 4.57 Å². The van der Waals surface area contributed by atoms with Gasteiger partial charge in [0.1, 0.15) is 0 Å². The monoisotopic (exact) mass is 292 g/mol.